The molecule has 6 heteroatoms. The summed E-state index contributed by atoms with van der Waals surface area (Å²) in [7, 11) is 0. The summed E-state index contributed by atoms with van der Waals surface area (Å²) in [6, 6.07) is 11.8. The Hall–Kier alpha value is -2.53. The van der Waals surface area contributed by atoms with Crippen molar-refractivity contribution in [3.8, 4) is 5.75 Å². The normalized spacial score (nSPS) is 17.5. The zero-order valence-corrected chi connectivity index (χ0v) is 15.0. The highest BCUT2D eigenvalue weighted by molar-refractivity contribution is 6.33. The van der Waals surface area contributed by atoms with Crippen LogP contribution in [0.3, 0.4) is 0 Å². The lowest BCUT2D eigenvalue weighted by molar-refractivity contribution is -0.128. The maximum Gasteiger partial charge on any atom is 0.268 e. The van der Waals surface area contributed by atoms with E-state index in [0.717, 1.165) is 5.56 Å². The Bertz CT molecular complexity index is 837. The number of fused-ring (bicyclic) bond motifs is 1. The molecule has 0 spiro atoms. The zero-order valence-electron chi connectivity index (χ0n) is 14.2. The van der Waals surface area contributed by atoms with Gasteiger partial charge in [0.2, 0.25) is 5.91 Å². The van der Waals surface area contributed by atoms with Gasteiger partial charge in [-0.15, -0.1) is 0 Å². The molecule has 1 aliphatic rings. The van der Waals surface area contributed by atoms with Crippen molar-refractivity contribution < 1.29 is 14.3 Å². The molecule has 2 aromatic rings. The van der Waals surface area contributed by atoms with Crippen LogP contribution in [0, 0.1) is 6.92 Å². The Balaban J connectivity index is 1.91. The van der Waals surface area contributed by atoms with Crippen molar-refractivity contribution in [1.82, 2.24) is 0 Å². The molecule has 2 aromatic carbocycles. The molecule has 0 aromatic heterocycles. The number of hydrogen-bond acceptors (Lipinski definition) is 3. The number of rotatable bonds is 3. The van der Waals surface area contributed by atoms with E-state index < -0.39 is 12.1 Å². The molecular weight excluding hydrogens is 340 g/mol. The fourth-order valence-electron chi connectivity index (χ4n) is 2.79. The first kappa shape index (κ1) is 17.3. The number of carbonyl (C=O) groups is 2. The minimum absolute atomic E-state index is 0.250. The van der Waals surface area contributed by atoms with Crippen molar-refractivity contribution in [3.05, 3.63) is 53.1 Å². The molecule has 0 saturated carbocycles. The SMILES string of the molecule is Cc1ccc2c(c1)N(C(C)C(=O)Nc1ccccc1Cl)C(=O)C(C)O2. The van der Waals surface area contributed by atoms with Crippen LogP contribution in [-0.2, 0) is 9.59 Å². The van der Waals surface area contributed by atoms with E-state index in [0.29, 0.717) is 22.1 Å². The lowest BCUT2D eigenvalue weighted by Gasteiger charge is -2.36. The number of anilines is 2. The Kier molecular flexibility index (Phi) is 4.68. The summed E-state index contributed by atoms with van der Waals surface area (Å²) in [5, 5.41) is 3.23. The van der Waals surface area contributed by atoms with Crippen LogP contribution < -0.4 is 15.0 Å². The number of nitrogens with one attached hydrogen (secondary N) is 1. The molecule has 1 aliphatic heterocycles. The van der Waals surface area contributed by atoms with Gasteiger partial charge in [-0.25, -0.2) is 0 Å². The van der Waals surface area contributed by atoms with Gasteiger partial charge in [0.15, 0.2) is 6.10 Å². The number of nitrogens with zero attached hydrogens (tertiary/aromatic N) is 1. The van der Waals surface area contributed by atoms with E-state index in [2.05, 4.69) is 5.32 Å². The predicted molar refractivity (Wildman–Crippen MR) is 98.3 cm³/mol. The quantitative estimate of drug-likeness (QED) is 0.908. The number of amides is 2. The molecule has 2 amide bonds. The minimum Gasteiger partial charge on any atom is -0.479 e. The fourth-order valence-corrected chi connectivity index (χ4v) is 2.97. The van der Waals surface area contributed by atoms with Gasteiger partial charge in [0.1, 0.15) is 11.8 Å². The van der Waals surface area contributed by atoms with E-state index in [1.54, 1.807) is 38.1 Å². The molecule has 5 nitrogen and oxygen atoms in total. The molecule has 3 rings (SSSR count). The van der Waals surface area contributed by atoms with Gasteiger partial charge in [-0.2, -0.15) is 0 Å². The highest BCUT2D eigenvalue weighted by Gasteiger charge is 2.37. The van der Waals surface area contributed by atoms with E-state index >= 15 is 0 Å². The Morgan fingerprint density at radius 2 is 2.00 bits per heavy atom. The summed E-state index contributed by atoms with van der Waals surface area (Å²) in [5.74, 6) is 0.0259. The van der Waals surface area contributed by atoms with Crippen LogP contribution in [0.4, 0.5) is 11.4 Å². The van der Waals surface area contributed by atoms with E-state index in [-0.39, 0.29) is 11.8 Å². The lowest BCUT2D eigenvalue weighted by Crippen LogP contribution is -2.52. The monoisotopic (exact) mass is 358 g/mol. The maximum atomic E-state index is 12.7. The average molecular weight is 359 g/mol. The standard InChI is InChI=1S/C19H19ClN2O3/c1-11-8-9-17-16(10-11)22(19(24)13(3)25-17)12(2)18(23)21-15-7-5-4-6-14(15)20/h4-10,12-13H,1-3H3,(H,21,23). The maximum absolute atomic E-state index is 12.7. The third kappa shape index (κ3) is 3.33. The number of hydrogen-bond donors (Lipinski definition) is 1. The van der Waals surface area contributed by atoms with Crippen LogP contribution >= 0.6 is 11.6 Å². The van der Waals surface area contributed by atoms with Gasteiger partial charge in [-0.05, 0) is 50.6 Å². The third-order valence-corrected chi connectivity index (χ3v) is 4.49. The predicted octanol–water partition coefficient (Wildman–Crippen LogP) is 3.79. The summed E-state index contributed by atoms with van der Waals surface area (Å²) < 4.78 is 5.65. The molecule has 2 atom stereocenters. The van der Waals surface area contributed by atoms with Gasteiger partial charge in [-0.1, -0.05) is 29.8 Å². The molecule has 25 heavy (non-hydrogen) atoms. The smallest absolute Gasteiger partial charge is 0.268 e. The van der Waals surface area contributed by atoms with E-state index in [9.17, 15) is 9.59 Å². The molecule has 0 bridgehead atoms. The number of ether oxygens (including phenoxy) is 1. The van der Waals surface area contributed by atoms with E-state index in [1.807, 2.05) is 25.1 Å². The number of benzene rings is 2. The Morgan fingerprint density at radius 1 is 1.28 bits per heavy atom. The summed E-state index contributed by atoms with van der Waals surface area (Å²) >= 11 is 6.10. The van der Waals surface area contributed by atoms with Gasteiger partial charge in [0.25, 0.3) is 5.91 Å². The van der Waals surface area contributed by atoms with Gasteiger partial charge in [0, 0.05) is 0 Å². The van der Waals surface area contributed by atoms with Crippen molar-refractivity contribution in [1.29, 1.82) is 0 Å². The molecule has 0 aliphatic carbocycles. The van der Waals surface area contributed by atoms with Gasteiger partial charge >= 0.3 is 0 Å². The summed E-state index contributed by atoms with van der Waals surface area (Å²) in [6.45, 7) is 5.29. The Morgan fingerprint density at radius 3 is 2.72 bits per heavy atom. The third-order valence-electron chi connectivity index (χ3n) is 4.16. The first-order valence-electron chi connectivity index (χ1n) is 8.04. The molecule has 1 heterocycles. The average Bonchev–Trinajstić information content (AvgIpc) is 2.58. The second-order valence-electron chi connectivity index (χ2n) is 6.08. The van der Waals surface area contributed by atoms with Crippen LogP contribution in [0.5, 0.6) is 5.75 Å². The summed E-state index contributed by atoms with van der Waals surface area (Å²) in [6.07, 6.45) is -0.647. The highest BCUT2D eigenvalue weighted by Crippen LogP contribution is 2.36. The van der Waals surface area contributed by atoms with Gasteiger partial charge in [0.05, 0.1) is 16.4 Å². The lowest BCUT2D eigenvalue weighted by atomic mass is 10.1. The van der Waals surface area contributed by atoms with Crippen molar-refractivity contribution in [2.45, 2.75) is 32.9 Å². The van der Waals surface area contributed by atoms with E-state index in [1.165, 1.54) is 4.90 Å². The minimum atomic E-state index is -0.712. The van der Waals surface area contributed by atoms with Crippen molar-refractivity contribution in [2.24, 2.45) is 0 Å². The van der Waals surface area contributed by atoms with E-state index in [4.69, 9.17) is 16.3 Å². The Labute approximate surface area is 151 Å². The number of halogens is 1. The van der Waals surface area contributed by atoms with Gasteiger partial charge in [-0.3, -0.25) is 14.5 Å². The van der Waals surface area contributed by atoms with Crippen LogP contribution in [0.15, 0.2) is 42.5 Å². The molecule has 0 radical (unpaired) electrons. The molecule has 1 N–H and O–H groups in total. The van der Waals surface area contributed by atoms with Crippen LogP contribution in [0.1, 0.15) is 19.4 Å². The van der Waals surface area contributed by atoms with Crippen LogP contribution in [0.2, 0.25) is 5.02 Å². The summed E-state index contributed by atoms with van der Waals surface area (Å²) in [4.78, 5) is 26.9. The zero-order chi connectivity index (χ0) is 18.1. The topological polar surface area (TPSA) is 58.6 Å². The molecule has 0 saturated heterocycles. The van der Waals surface area contributed by atoms with Crippen molar-refractivity contribution >= 4 is 34.8 Å². The molecular formula is C19H19ClN2O3. The highest BCUT2D eigenvalue weighted by atomic mass is 35.5. The van der Waals surface area contributed by atoms with Gasteiger partial charge < -0.3 is 10.1 Å². The van der Waals surface area contributed by atoms with Crippen LogP contribution in [0.25, 0.3) is 0 Å². The molecule has 130 valence electrons. The molecule has 0 fully saturated rings. The van der Waals surface area contributed by atoms with Crippen LogP contribution in [-0.4, -0.2) is 24.0 Å². The second-order valence-corrected chi connectivity index (χ2v) is 6.49. The number of para-hydroxylation sites is 1. The van der Waals surface area contributed by atoms with Crippen molar-refractivity contribution in [3.63, 3.8) is 0 Å². The first-order chi connectivity index (χ1) is 11.9. The van der Waals surface area contributed by atoms with Crippen molar-refractivity contribution in [2.75, 3.05) is 10.2 Å². The first-order valence-corrected chi connectivity index (χ1v) is 8.42. The largest absolute Gasteiger partial charge is 0.479 e. The molecule has 2 unspecified atom stereocenters. The number of carbonyl (C=O) groups excluding carboxylic acids is 2. The summed E-state index contributed by atoms with van der Waals surface area (Å²) in [5.41, 5.74) is 2.09. The fraction of sp³-hybridized carbons (Fsp3) is 0.263. The second kappa shape index (κ2) is 6.76. The number of aryl methyl sites for hydroxylation is 1.